The fourth-order valence-electron chi connectivity index (χ4n) is 2.64. The molecule has 0 atom stereocenters. The first-order chi connectivity index (χ1) is 11.2. The van der Waals surface area contributed by atoms with Crippen LogP contribution in [-0.2, 0) is 4.79 Å². The Bertz CT molecular complexity index is 632. The van der Waals surface area contributed by atoms with E-state index in [-0.39, 0.29) is 5.91 Å². The van der Waals surface area contributed by atoms with Crippen LogP contribution in [0.1, 0.15) is 12.5 Å². The molecular weight excluding hydrogens is 310 g/mol. The second kappa shape index (κ2) is 7.19. The highest BCUT2D eigenvalue weighted by molar-refractivity contribution is 8.18. The van der Waals surface area contributed by atoms with Gasteiger partial charge < -0.3 is 14.5 Å². The monoisotopic (exact) mass is 331 g/mol. The quantitative estimate of drug-likeness (QED) is 0.795. The molecule has 1 saturated heterocycles. The van der Waals surface area contributed by atoms with Gasteiger partial charge in [0.15, 0.2) is 5.17 Å². The van der Waals surface area contributed by atoms with Crippen LogP contribution in [0.15, 0.2) is 34.2 Å². The largest absolute Gasteiger partial charge is 0.497 e. The van der Waals surface area contributed by atoms with E-state index in [4.69, 9.17) is 4.74 Å². The Morgan fingerprint density at radius 1 is 1.22 bits per heavy atom. The number of rotatable bonds is 3. The first-order valence-electron chi connectivity index (χ1n) is 7.83. The molecule has 2 heterocycles. The van der Waals surface area contributed by atoms with Crippen LogP contribution in [-0.4, -0.2) is 60.7 Å². The Morgan fingerprint density at radius 2 is 1.91 bits per heavy atom. The van der Waals surface area contributed by atoms with Gasteiger partial charge in [-0.15, -0.1) is 0 Å². The lowest BCUT2D eigenvalue weighted by Gasteiger charge is -2.34. The zero-order chi connectivity index (χ0) is 16.2. The summed E-state index contributed by atoms with van der Waals surface area (Å²) in [7, 11) is 1.64. The first-order valence-corrected chi connectivity index (χ1v) is 8.65. The van der Waals surface area contributed by atoms with Crippen LogP contribution in [0.5, 0.6) is 5.75 Å². The van der Waals surface area contributed by atoms with Crippen molar-refractivity contribution in [3.8, 4) is 5.75 Å². The van der Waals surface area contributed by atoms with Crippen molar-refractivity contribution in [2.75, 3.05) is 39.8 Å². The number of benzene rings is 1. The molecule has 0 aromatic heterocycles. The van der Waals surface area contributed by atoms with Gasteiger partial charge in [-0.1, -0.05) is 19.1 Å². The third kappa shape index (κ3) is 3.76. The SMILES string of the molecule is CCN1CCN(C2=NC(=O)/C(=C\c3ccc(OC)cc3)S2)CC1. The predicted molar refractivity (Wildman–Crippen MR) is 94.7 cm³/mol. The number of hydrogen-bond acceptors (Lipinski definition) is 5. The molecule has 0 radical (unpaired) electrons. The Kier molecular flexibility index (Phi) is 5.03. The number of ether oxygens (including phenoxy) is 1. The Labute approximate surface area is 141 Å². The van der Waals surface area contributed by atoms with Crippen molar-refractivity contribution in [1.29, 1.82) is 0 Å². The van der Waals surface area contributed by atoms with Crippen molar-refractivity contribution in [2.24, 2.45) is 4.99 Å². The molecule has 3 rings (SSSR count). The first kappa shape index (κ1) is 16.1. The highest BCUT2D eigenvalue weighted by atomic mass is 32.2. The number of amides is 1. The molecule has 1 aromatic carbocycles. The van der Waals surface area contributed by atoms with Gasteiger partial charge in [0.1, 0.15) is 5.75 Å². The van der Waals surface area contributed by atoms with Gasteiger partial charge in [-0.05, 0) is 42.1 Å². The van der Waals surface area contributed by atoms with Crippen molar-refractivity contribution >= 4 is 28.9 Å². The highest BCUT2D eigenvalue weighted by Gasteiger charge is 2.28. The van der Waals surface area contributed by atoms with Gasteiger partial charge in [0.2, 0.25) is 0 Å². The van der Waals surface area contributed by atoms with E-state index in [9.17, 15) is 4.79 Å². The lowest BCUT2D eigenvalue weighted by Crippen LogP contribution is -2.47. The van der Waals surface area contributed by atoms with Gasteiger partial charge in [0.05, 0.1) is 12.0 Å². The summed E-state index contributed by atoms with van der Waals surface area (Å²) in [5.74, 6) is 0.669. The number of carbonyl (C=O) groups is 1. The maximum Gasteiger partial charge on any atom is 0.286 e. The zero-order valence-electron chi connectivity index (χ0n) is 13.5. The second-order valence-corrected chi connectivity index (χ2v) is 6.51. The van der Waals surface area contributed by atoms with Crippen LogP contribution in [0, 0.1) is 0 Å². The topological polar surface area (TPSA) is 45.1 Å². The second-order valence-electron chi connectivity index (χ2n) is 5.50. The van der Waals surface area contributed by atoms with Gasteiger partial charge >= 0.3 is 0 Å². The van der Waals surface area contributed by atoms with Gasteiger partial charge in [0, 0.05) is 26.2 Å². The normalized spacial score (nSPS) is 21.0. The van der Waals surface area contributed by atoms with Crippen molar-refractivity contribution < 1.29 is 9.53 Å². The molecular formula is C17H21N3O2S. The van der Waals surface area contributed by atoms with Gasteiger partial charge in [-0.2, -0.15) is 4.99 Å². The Morgan fingerprint density at radius 3 is 2.52 bits per heavy atom. The molecule has 0 aliphatic carbocycles. The maximum atomic E-state index is 12.1. The average Bonchev–Trinajstić information content (AvgIpc) is 2.96. The smallest absolute Gasteiger partial charge is 0.286 e. The van der Waals surface area contributed by atoms with E-state index in [1.165, 1.54) is 11.8 Å². The molecule has 6 heteroatoms. The number of amidine groups is 1. The van der Waals surface area contributed by atoms with E-state index in [1.54, 1.807) is 7.11 Å². The molecule has 0 spiro atoms. The molecule has 1 aromatic rings. The van der Waals surface area contributed by atoms with Crippen LogP contribution in [0.3, 0.4) is 0 Å². The minimum absolute atomic E-state index is 0.140. The number of thioether (sulfide) groups is 1. The van der Waals surface area contributed by atoms with E-state index in [0.29, 0.717) is 4.91 Å². The summed E-state index contributed by atoms with van der Waals surface area (Å²) < 4.78 is 5.15. The van der Waals surface area contributed by atoms with Gasteiger partial charge in [-0.3, -0.25) is 4.79 Å². The van der Waals surface area contributed by atoms with Crippen LogP contribution in [0.2, 0.25) is 0 Å². The maximum absolute atomic E-state index is 12.1. The van der Waals surface area contributed by atoms with E-state index < -0.39 is 0 Å². The summed E-state index contributed by atoms with van der Waals surface area (Å²) in [6.07, 6.45) is 1.89. The fraction of sp³-hybridized carbons (Fsp3) is 0.412. The summed E-state index contributed by atoms with van der Waals surface area (Å²) in [5.41, 5.74) is 0.980. The Balaban J connectivity index is 1.66. The molecule has 0 saturated carbocycles. The molecule has 5 nitrogen and oxygen atoms in total. The zero-order valence-corrected chi connectivity index (χ0v) is 14.3. The molecule has 122 valence electrons. The molecule has 2 aliphatic heterocycles. The van der Waals surface area contributed by atoms with Crippen molar-refractivity contribution in [1.82, 2.24) is 9.80 Å². The lowest BCUT2D eigenvalue weighted by atomic mass is 10.2. The number of nitrogens with zero attached hydrogens (tertiary/aromatic N) is 3. The lowest BCUT2D eigenvalue weighted by molar-refractivity contribution is -0.113. The van der Waals surface area contributed by atoms with Gasteiger partial charge in [0.25, 0.3) is 5.91 Å². The standard InChI is InChI=1S/C17H21N3O2S/c1-3-19-8-10-20(11-9-19)17-18-16(21)15(23-17)12-13-4-6-14(22-2)7-5-13/h4-7,12H,3,8-11H2,1-2H3/b15-12+. The Hall–Kier alpha value is -1.79. The van der Waals surface area contributed by atoms with Crippen LogP contribution >= 0.6 is 11.8 Å². The summed E-state index contributed by atoms with van der Waals surface area (Å²) in [4.78, 5) is 21.7. The predicted octanol–water partition coefficient (Wildman–Crippen LogP) is 2.30. The number of hydrogen-bond donors (Lipinski definition) is 0. The molecule has 0 bridgehead atoms. The number of piperazine rings is 1. The van der Waals surface area contributed by atoms with E-state index >= 15 is 0 Å². The third-order valence-electron chi connectivity index (χ3n) is 4.11. The summed E-state index contributed by atoms with van der Waals surface area (Å²) >= 11 is 1.48. The number of carbonyl (C=O) groups excluding carboxylic acids is 1. The van der Waals surface area contributed by atoms with Crippen LogP contribution in [0.25, 0.3) is 6.08 Å². The van der Waals surface area contributed by atoms with Crippen LogP contribution < -0.4 is 4.74 Å². The molecule has 1 fully saturated rings. The molecule has 2 aliphatic rings. The summed E-state index contributed by atoms with van der Waals surface area (Å²) in [6.45, 7) is 7.18. The average molecular weight is 331 g/mol. The van der Waals surface area contributed by atoms with E-state index in [0.717, 1.165) is 49.2 Å². The fourth-order valence-corrected chi connectivity index (χ4v) is 3.61. The highest BCUT2D eigenvalue weighted by Crippen LogP contribution is 2.30. The number of aliphatic imine (C=N–C) groups is 1. The number of methoxy groups -OCH3 is 1. The number of likely N-dealkylation sites (N-methyl/N-ethyl adjacent to an activating group) is 1. The molecule has 23 heavy (non-hydrogen) atoms. The molecule has 1 amide bonds. The van der Waals surface area contributed by atoms with Gasteiger partial charge in [-0.25, -0.2) is 0 Å². The van der Waals surface area contributed by atoms with E-state index in [2.05, 4.69) is 21.7 Å². The minimum atomic E-state index is -0.140. The summed E-state index contributed by atoms with van der Waals surface area (Å²) in [5, 5.41) is 0.838. The van der Waals surface area contributed by atoms with Crippen molar-refractivity contribution in [3.05, 3.63) is 34.7 Å². The molecule has 0 N–H and O–H groups in total. The van der Waals surface area contributed by atoms with Crippen molar-refractivity contribution in [3.63, 3.8) is 0 Å². The minimum Gasteiger partial charge on any atom is -0.497 e. The van der Waals surface area contributed by atoms with Crippen molar-refractivity contribution in [2.45, 2.75) is 6.92 Å². The summed E-state index contributed by atoms with van der Waals surface area (Å²) in [6, 6.07) is 7.67. The van der Waals surface area contributed by atoms with E-state index in [1.807, 2.05) is 30.3 Å². The third-order valence-corrected chi connectivity index (χ3v) is 5.16. The molecule has 0 unspecified atom stereocenters. The van der Waals surface area contributed by atoms with Crippen LogP contribution in [0.4, 0.5) is 0 Å².